The average molecular weight is 251 g/mol. The Balaban J connectivity index is 2.27. The fourth-order valence-electron chi connectivity index (χ4n) is 2.26. The van der Waals surface area contributed by atoms with Crippen molar-refractivity contribution in [3.05, 3.63) is 59.7 Å². The molecule has 0 fully saturated rings. The highest BCUT2D eigenvalue weighted by Gasteiger charge is 2.22. The number of para-hydroxylation sites is 2. The van der Waals surface area contributed by atoms with E-state index in [1.807, 2.05) is 60.7 Å². The molecule has 0 unspecified atom stereocenters. The summed E-state index contributed by atoms with van der Waals surface area (Å²) < 4.78 is 0. The van der Waals surface area contributed by atoms with Gasteiger partial charge in [0.25, 0.3) is 0 Å². The number of hydrazine groups is 1. The Morgan fingerprint density at radius 3 is 1.84 bits per heavy atom. The molecule has 0 saturated carbocycles. The zero-order valence-electron chi connectivity index (χ0n) is 10.2. The summed E-state index contributed by atoms with van der Waals surface area (Å²) in [6.45, 7) is 0. The minimum Gasteiger partial charge on any atom is -0.275 e. The molecule has 0 radical (unpaired) electrons. The molecule has 0 aliphatic carbocycles. The van der Waals surface area contributed by atoms with Crippen molar-refractivity contribution in [1.82, 2.24) is 5.43 Å². The summed E-state index contributed by atoms with van der Waals surface area (Å²) in [5, 5.41) is 0. The van der Waals surface area contributed by atoms with Gasteiger partial charge in [0.2, 0.25) is 0 Å². The molecule has 0 saturated heterocycles. The number of nitrogens with two attached hydrogens (primary N) is 1. The van der Waals surface area contributed by atoms with Crippen LogP contribution in [0.25, 0.3) is 12.2 Å². The van der Waals surface area contributed by atoms with E-state index < -0.39 is 0 Å². The normalized spacial score (nSPS) is 12.4. The van der Waals surface area contributed by atoms with Gasteiger partial charge in [-0.05, 0) is 23.3 Å². The SMILES string of the molecule is NNC(=O)N1c2ccccc2C=Cc2ccccc21. The van der Waals surface area contributed by atoms with Crippen molar-refractivity contribution in [2.75, 3.05) is 4.90 Å². The molecule has 0 spiro atoms. The number of anilines is 2. The number of urea groups is 1. The number of carbonyl (C=O) groups excluding carboxylic acids is 1. The Hall–Kier alpha value is -2.59. The summed E-state index contributed by atoms with van der Waals surface area (Å²) in [5.41, 5.74) is 5.78. The first-order chi connectivity index (χ1) is 9.31. The van der Waals surface area contributed by atoms with E-state index in [1.165, 1.54) is 0 Å². The number of rotatable bonds is 0. The first-order valence-corrected chi connectivity index (χ1v) is 5.98. The number of carbonyl (C=O) groups is 1. The molecule has 1 aliphatic heterocycles. The quantitative estimate of drug-likeness (QED) is 0.429. The van der Waals surface area contributed by atoms with Crippen LogP contribution in [-0.4, -0.2) is 6.03 Å². The second-order valence-corrected chi connectivity index (χ2v) is 4.24. The number of hydrogen-bond donors (Lipinski definition) is 2. The zero-order chi connectivity index (χ0) is 13.2. The summed E-state index contributed by atoms with van der Waals surface area (Å²) in [5.74, 6) is 5.31. The summed E-state index contributed by atoms with van der Waals surface area (Å²) >= 11 is 0. The van der Waals surface area contributed by atoms with Crippen LogP contribution in [0.4, 0.5) is 16.2 Å². The van der Waals surface area contributed by atoms with Crippen molar-refractivity contribution in [2.45, 2.75) is 0 Å². The maximum Gasteiger partial charge on any atom is 0.340 e. The van der Waals surface area contributed by atoms with Gasteiger partial charge < -0.3 is 0 Å². The minimum atomic E-state index is -0.358. The molecule has 3 rings (SSSR count). The smallest absolute Gasteiger partial charge is 0.275 e. The standard InChI is InChI=1S/C15H13N3O/c16-17-15(19)18-13-7-3-1-5-11(13)9-10-12-6-2-4-8-14(12)18/h1-10H,16H2,(H,17,19). The van der Waals surface area contributed by atoms with E-state index in [4.69, 9.17) is 5.84 Å². The van der Waals surface area contributed by atoms with E-state index >= 15 is 0 Å². The van der Waals surface area contributed by atoms with Gasteiger partial charge in [-0.15, -0.1) is 0 Å². The van der Waals surface area contributed by atoms with Crippen molar-refractivity contribution in [3.8, 4) is 0 Å². The van der Waals surface area contributed by atoms with E-state index in [2.05, 4.69) is 5.43 Å². The molecule has 0 bridgehead atoms. The van der Waals surface area contributed by atoms with Crippen LogP contribution in [0.15, 0.2) is 48.5 Å². The number of benzene rings is 2. The van der Waals surface area contributed by atoms with Gasteiger partial charge in [0.05, 0.1) is 11.4 Å². The summed E-state index contributed by atoms with van der Waals surface area (Å²) in [7, 11) is 0. The van der Waals surface area contributed by atoms with Crippen LogP contribution in [0.5, 0.6) is 0 Å². The highest BCUT2D eigenvalue weighted by molar-refractivity contribution is 6.05. The average Bonchev–Trinajstić information content (AvgIpc) is 2.63. The van der Waals surface area contributed by atoms with Crippen molar-refractivity contribution in [1.29, 1.82) is 0 Å². The third kappa shape index (κ3) is 1.88. The molecule has 1 heterocycles. The monoisotopic (exact) mass is 251 g/mol. The van der Waals surface area contributed by atoms with Gasteiger partial charge >= 0.3 is 6.03 Å². The Morgan fingerprint density at radius 1 is 0.895 bits per heavy atom. The van der Waals surface area contributed by atoms with Crippen molar-refractivity contribution >= 4 is 29.6 Å². The number of nitrogens with zero attached hydrogens (tertiary/aromatic N) is 1. The van der Waals surface area contributed by atoms with Crippen LogP contribution in [-0.2, 0) is 0 Å². The van der Waals surface area contributed by atoms with Crippen molar-refractivity contribution in [2.24, 2.45) is 5.84 Å². The molecule has 2 amide bonds. The Kier molecular flexibility index (Phi) is 2.78. The van der Waals surface area contributed by atoms with Crippen molar-refractivity contribution < 1.29 is 4.79 Å². The van der Waals surface area contributed by atoms with E-state index in [-0.39, 0.29) is 6.03 Å². The first-order valence-electron chi connectivity index (χ1n) is 5.98. The first kappa shape index (κ1) is 11.5. The van der Waals surface area contributed by atoms with Crippen LogP contribution in [0.3, 0.4) is 0 Å². The van der Waals surface area contributed by atoms with E-state index in [9.17, 15) is 4.79 Å². The fraction of sp³-hybridized carbons (Fsp3) is 0. The van der Waals surface area contributed by atoms with Crippen LogP contribution in [0.1, 0.15) is 11.1 Å². The molecule has 2 aromatic rings. The zero-order valence-corrected chi connectivity index (χ0v) is 10.2. The molecular weight excluding hydrogens is 238 g/mol. The predicted octanol–water partition coefficient (Wildman–Crippen LogP) is 2.89. The molecule has 2 aromatic carbocycles. The lowest BCUT2D eigenvalue weighted by Crippen LogP contribution is -2.41. The van der Waals surface area contributed by atoms with Crippen LogP contribution in [0.2, 0.25) is 0 Å². The molecular formula is C15H13N3O. The topological polar surface area (TPSA) is 58.4 Å². The van der Waals surface area contributed by atoms with Gasteiger partial charge in [-0.25, -0.2) is 10.6 Å². The lowest BCUT2D eigenvalue weighted by Gasteiger charge is -2.24. The fourth-order valence-corrected chi connectivity index (χ4v) is 2.26. The number of hydrogen-bond acceptors (Lipinski definition) is 2. The summed E-state index contributed by atoms with van der Waals surface area (Å²) in [6, 6.07) is 15.1. The third-order valence-corrected chi connectivity index (χ3v) is 3.12. The lowest BCUT2D eigenvalue weighted by atomic mass is 10.1. The van der Waals surface area contributed by atoms with E-state index in [0.717, 1.165) is 22.5 Å². The highest BCUT2D eigenvalue weighted by atomic mass is 16.2. The van der Waals surface area contributed by atoms with E-state index in [1.54, 1.807) is 4.90 Å². The maximum absolute atomic E-state index is 12.1. The van der Waals surface area contributed by atoms with Gasteiger partial charge in [-0.2, -0.15) is 0 Å². The third-order valence-electron chi connectivity index (χ3n) is 3.12. The maximum atomic E-state index is 12.1. The number of amides is 2. The molecule has 4 nitrogen and oxygen atoms in total. The van der Waals surface area contributed by atoms with Crippen LogP contribution in [0, 0.1) is 0 Å². The Labute approximate surface area is 111 Å². The van der Waals surface area contributed by atoms with Gasteiger partial charge in [0.15, 0.2) is 0 Å². The largest absolute Gasteiger partial charge is 0.340 e. The molecule has 0 aromatic heterocycles. The van der Waals surface area contributed by atoms with E-state index in [0.29, 0.717) is 0 Å². The summed E-state index contributed by atoms with van der Waals surface area (Å²) in [4.78, 5) is 13.7. The van der Waals surface area contributed by atoms with Gasteiger partial charge in [0.1, 0.15) is 0 Å². The lowest BCUT2D eigenvalue weighted by molar-refractivity contribution is 0.249. The highest BCUT2D eigenvalue weighted by Crippen LogP contribution is 2.35. The molecule has 19 heavy (non-hydrogen) atoms. The molecule has 0 atom stereocenters. The van der Waals surface area contributed by atoms with Crippen LogP contribution < -0.4 is 16.2 Å². The Bertz CT molecular complexity index is 614. The number of fused-ring (bicyclic) bond motifs is 2. The molecule has 3 N–H and O–H groups in total. The summed E-state index contributed by atoms with van der Waals surface area (Å²) in [6.07, 6.45) is 4.00. The second-order valence-electron chi connectivity index (χ2n) is 4.24. The van der Waals surface area contributed by atoms with Crippen molar-refractivity contribution in [3.63, 3.8) is 0 Å². The second kappa shape index (κ2) is 4.59. The molecule has 94 valence electrons. The minimum absolute atomic E-state index is 0.358. The number of nitrogens with one attached hydrogen (secondary N) is 1. The molecule has 1 aliphatic rings. The predicted molar refractivity (Wildman–Crippen MR) is 76.7 cm³/mol. The van der Waals surface area contributed by atoms with Crippen LogP contribution >= 0.6 is 0 Å². The Morgan fingerprint density at radius 2 is 1.37 bits per heavy atom. The molecule has 4 heteroatoms. The van der Waals surface area contributed by atoms with Gasteiger partial charge in [-0.3, -0.25) is 10.3 Å². The van der Waals surface area contributed by atoms with Gasteiger partial charge in [0, 0.05) is 0 Å². The van der Waals surface area contributed by atoms with Gasteiger partial charge in [-0.1, -0.05) is 48.6 Å².